The molecule has 0 amide bonds. The zero-order valence-electron chi connectivity index (χ0n) is 10.3. The largest absolute Gasteiger partial charge is 0.289 e. The summed E-state index contributed by atoms with van der Waals surface area (Å²) >= 11 is 0. The summed E-state index contributed by atoms with van der Waals surface area (Å²) in [7, 11) is 0. The molecule has 0 aliphatic heterocycles. The molecule has 0 aromatic rings. The van der Waals surface area contributed by atoms with Gasteiger partial charge in [-0.15, -0.1) is 0 Å². The number of hydrogen-bond donors (Lipinski definition) is 0. The van der Waals surface area contributed by atoms with E-state index in [2.05, 4.69) is 0 Å². The molecular weight excluding hydrogens is 206 g/mol. The molecule has 0 heterocycles. The van der Waals surface area contributed by atoms with Gasteiger partial charge in [-0.05, 0) is 12.3 Å². The lowest BCUT2D eigenvalue weighted by molar-refractivity contribution is -0.536. The van der Waals surface area contributed by atoms with Crippen molar-refractivity contribution in [2.45, 2.75) is 40.2 Å². The van der Waals surface area contributed by atoms with E-state index in [9.17, 15) is 14.9 Å². The van der Waals surface area contributed by atoms with Crippen molar-refractivity contribution in [3.8, 4) is 0 Å². The Labute approximate surface area is 95.2 Å². The Hall–Kier alpha value is -1.45. The summed E-state index contributed by atoms with van der Waals surface area (Å²) in [5, 5.41) is 11.0. The molecule has 1 rings (SSSR count). The highest BCUT2D eigenvalue weighted by atomic mass is 16.6. The second-order valence-electron chi connectivity index (χ2n) is 5.45. The van der Waals surface area contributed by atoms with Crippen LogP contribution in [-0.4, -0.2) is 16.2 Å². The summed E-state index contributed by atoms with van der Waals surface area (Å²) < 4.78 is 0. The van der Waals surface area contributed by atoms with Gasteiger partial charge in [-0.1, -0.05) is 20.8 Å². The average molecular weight is 223 g/mol. The third-order valence-corrected chi connectivity index (χ3v) is 2.75. The van der Waals surface area contributed by atoms with Crippen molar-refractivity contribution < 1.29 is 9.72 Å². The second-order valence-corrected chi connectivity index (χ2v) is 5.45. The fraction of sp³-hybridized carbons (Fsp3) is 0.583. The molecule has 1 atom stereocenters. The zero-order chi connectivity index (χ0) is 12.7. The number of Topliss-reactive ketones (excluding diaryl/α,β-unsaturated/α-hetero) is 1. The van der Waals surface area contributed by atoms with Crippen molar-refractivity contribution in [3.63, 3.8) is 0 Å². The first-order valence-corrected chi connectivity index (χ1v) is 5.20. The highest BCUT2D eigenvalue weighted by Crippen LogP contribution is 2.35. The van der Waals surface area contributed by atoms with Crippen LogP contribution in [0.1, 0.15) is 34.6 Å². The first-order chi connectivity index (χ1) is 7.08. The first kappa shape index (κ1) is 12.6. The van der Waals surface area contributed by atoms with E-state index in [0.29, 0.717) is 11.1 Å². The smallest absolute Gasteiger partial charge is 0.257 e. The van der Waals surface area contributed by atoms with Gasteiger partial charge in [0.05, 0.1) is 0 Å². The lowest BCUT2D eigenvalue weighted by atomic mass is 9.75. The Morgan fingerprint density at radius 1 is 1.31 bits per heavy atom. The van der Waals surface area contributed by atoms with Crippen LogP contribution >= 0.6 is 0 Å². The third kappa shape index (κ3) is 2.05. The van der Waals surface area contributed by atoms with Gasteiger partial charge in [0.1, 0.15) is 0 Å². The fourth-order valence-electron chi connectivity index (χ4n) is 1.78. The van der Waals surface area contributed by atoms with E-state index in [0.717, 1.165) is 0 Å². The SMILES string of the molecule is CC1=CC(C)([N+](=O)[O-])C=C(C(C)(C)C)C1=O. The van der Waals surface area contributed by atoms with Crippen molar-refractivity contribution in [2.75, 3.05) is 0 Å². The maximum Gasteiger partial charge on any atom is 0.257 e. The van der Waals surface area contributed by atoms with Crippen LogP contribution in [0.4, 0.5) is 0 Å². The molecule has 0 radical (unpaired) electrons. The van der Waals surface area contributed by atoms with Crippen molar-refractivity contribution >= 4 is 5.78 Å². The summed E-state index contributed by atoms with van der Waals surface area (Å²) in [6.07, 6.45) is 2.90. The van der Waals surface area contributed by atoms with Gasteiger partial charge in [0.15, 0.2) is 5.78 Å². The number of ketones is 1. The maximum atomic E-state index is 11.9. The van der Waals surface area contributed by atoms with E-state index in [1.165, 1.54) is 19.1 Å². The topological polar surface area (TPSA) is 60.2 Å². The van der Waals surface area contributed by atoms with Gasteiger partial charge in [-0.2, -0.15) is 0 Å². The molecule has 4 heteroatoms. The standard InChI is InChI=1S/C12H17NO3/c1-8-6-12(5,13(15)16)7-9(10(8)14)11(2,3)4/h6-7H,1-5H3. The van der Waals surface area contributed by atoms with Gasteiger partial charge in [0.25, 0.3) is 5.54 Å². The van der Waals surface area contributed by atoms with Crippen molar-refractivity contribution in [1.29, 1.82) is 0 Å². The fourth-order valence-corrected chi connectivity index (χ4v) is 1.78. The number of carbonyl (C=O) groups excluding carboxylic acids is 1. The molecule has 88 valence electrons. The number of nitrogens with zero attached hydrogens (tertiary/aromatic N) is 1. The number of allylic oxidation sites excluding steroid dienone is 2. The van der Waals surface area contributed by atoms with Crippen LogP contribution in [0.3, 0.4) is 0 Å². The van der Waals surface area contributed by atoms with E-state index in [1.54, 1.807) is 6.92 Å². The number of hydrogen-bond acceptors (Lipinski definition) is 3. The summed E-state index contributed by atoms with van der Waals surface area (Å²) in [5.41, 5.74) is -0.664. The van der Waals surface area contributed by atoms with E-state index >= 15 is 0 Å². The first-order valence-electron chi connectivity index (χ1n) is 5.20. The quantitative estimate of drug-likeness (QED) is 0.507. The van der Waals surface area contributed by atoms with Crippen LogP contribution in [-0.2, 0) is 4.79 Å². The minimum atomic E-state index is -1.26. The summed E-state index contributed by atoms with van der Waals surface area (Å²) in [4.78, 5) is 22.6. The van der Waals surface area contributed by atoms with Crippen molar-refractivity contribution in [1.82, 2.24) is 0 Å². The van der Waals surface area contributed by atoms with Gasteiger partial charge in [0.2, 0.25) is 0 Å². The van der Waals surface area contributed by atoms with Crippen molar-refractivity contribution in [3.05, 3.63) is 33.4 Å². The molecule has 1 aliphatic rings. The molecule has 4 nitrogen and oxygen atoms in total. The Morgan fingerprint density at radius 2 is 1.81 bits per heavy atom. The van der Waals surface area contributed by atoms with E-state index in [-0.39, 0.29) is 16.1 Å². The molecular formula is C12H17NO3. The van der Waals surface area contributed by atoms with Crippen molar-refractivity contribution in [2.24, 2.45) is 5.41 Å². The monoisotopic (exact) mass is 223 g/mol. The Morgan fingerprint density at radius 3 is 2.19 bits per heavy atom. The molecule has 0 bridgehead atoms. The molecule has 0 aromatic heterocycles. The van der Waals surface area contributed by atoms with Crippen LogP contribution in [0.25, 0.3) is 0 Å². The molecule has 0 aromatic carbocycles. The Kier molecular flexibility index (Phi) is 2.79. The molecule has 1 aliphatic carbocycles. The average Bonchev–Trinajstić information content (AvgIpc) is 2.09. The molecule has 0 saturated carbocycles. The summed E-state index contributed by atoms with van der Waals surface area (Å²) in [5.74, 6) is -0.0909. The normalized spacial score (nSPS) is 26.2. The molecule has 16 heavy (non-hydrogen) atoms. The third-order valence-electron chi connectivity index (χ3n) is 2.75. The lowest BCUT2D eigenvalue weighted by Gasteiger charge is -2.28. The van der Waals surface area contributed by atoms with E-state index in [1.807, 2.05) is 20.8 Å². The minimum Gasteiger partial charge on any atom is -0.289 e. The lowest BCUT2D eigenvalue weighted by Crippen LogP contribution is -2.37. The number of rotatable bonds is 1. The van der Waals surface area contributed by atoms with Gasteiger partial charge < -0.3 is 0 Å². The molecule has 0 spiro atoms. The summed E-state index contributed by atoms with van der Waals surface area (Å²) in [6.45, 7) is 8.79. The van der Waals surface area contributed by atoms with Crippen LogP contribution in [0, 0.1) is 15.5 Å². The predicted octanol–water partition coefficient (Wildman–Crippen LogP) is 2.52. The van der Waals surface area contributed by atoms with E-state index in [4.69, 9.17) is 0 Å². The van der Waals surface area contributed by atoms with Crippen LogP contribution in [0.2, 0.25) is 0 Å². The zero-order valence-corrected chi connectivity index (χ0v) is 10.3. The molecule has 0 saturated heterocycles. The summed E-state index contributed by atoms with van der Waals surface area (Å²) in [6, 6.07) is 0. The number of nitro groups is 1. The molecule has 0 N–H and O–H groups in total. The number of carbonyl (C=O) groups is 1. The maximum absolute atomic E-state index is 11.9. The van der Waals surface area contributed by atoms with Crippen LogP contribution in [0.5, 0.6) is 0 Å². The Balaban J connectivity index is 3.35. The molecule has 0 fully saturated rings. The highest BCUT2D eigenvalue weighted by molar-refractivity contribution is 6.09. The predicted molar refractivity (Wildman–Crippen MR) is 61.7 cm³/mol. The van der Waals surface area contributed by atoms with Crippen LogP contribution < -0.4 is 0 Å². The van der Waals surface area contributed by atoms with E-state index < -0.39 is 5.54 Å². The van der Waals surface area contributed by atoms with Crippen LogP contribution in [0.15, 0.2) is 23.3 Å². The van der Waals surface area contributed by atoms with Gasteiger partial charge >= 0.3 is 0 Å². The highest BCUT2D eigenvalue weighted by Gasteiger charge is 2.40. The molecule has 1 unspecified atom stereocenters. The van der Waals surface area contributed by atoms with Gasteiger partial charge in [-0.3, -0.25) is 14.9 Å². The van der Waals surface area contributed by atoms with Gasteiger partial charge in [-0.25, -0.2) is 0 Å². The minimum absolute atomic E-state index is 0.0909. The van der Waals surface area contributed by atoms with Gasteiger partial charge in [0, 0.05) is 35.1 Å². The Bertz CT molecular complexity index is 412. The second kappa shape index (κ2) is 3.54.